The molecule has 1 aromatic carbocycles. The van der Waals surface area contributed by atoms with E-state index in [4.69, 9.17) is 5.11 Å². The minimum atomic E-state index is 0.0767. The lowest BCUT2D eigenvalue weighted by molar-refractivity contribution is 0.268. The molecule has 0 aliphatic heterocycles. The van der Waals surface area contributed by atoms with Crippen LogP contribution in [0.1, 0.15) is 37.4 Å². The van der Waals surface area contributed by atoms with Crippen LogP contribution in [-0.4, -0.2) is 26.7 Å². The predicted octanol–water partition coefficient (Wildman–Crippen LogP) is 2.40. The van der Waals surface area contributed by atoms with Gasteiger partial charge >= 0.3 is 0 Å². The molecule has 0 saturated heterocycles. The fourth-order valence-electron chi connectivity index (χ4n) is 1.99. The van der Waals surface area contributed by atoms with Gasteiger partial charge in [-0.2, -0.15) is 0 Å². The molecule has 0 fully saturated rings. The Balaban J connectivity index is 1.89. The molecule has 0 aliphatic carbocycles. The van der Waals surface area contributed by atoms with Gasteiger partial charge in [0.05, 0.1) is 25.9 Å². The molecule has 20 heavy (non-hydrogen) atoms. The van der Waals surface area contributed by atoms with Gasteiger partial charge in [-0.05, 0) is 30.0 Å². The average Bonchev–Trinajstić information content (AvgIpc) is 2.93. The smallest absolute Gasteiger partial charge is 0.102 e. The summed E-state index contributed by atoms with van der Waals surface area (Å²) < 4.78 is 1.64. The third-order valence-corrected chi connectivity index (χ3v) is 3.48. The Morgan fingerprint density at radius 1 is 1.30 bits per heavy atom. The molecule has 0 bridgehead atoms. The van der Waals surface area contributed by atoms with Crippen LogP contribution in [0, 0.1) is 0 Å². The summed E-state index contributed by atoms with van der Waals surface area (Å²) in [5.74, 6) is 0.599. The molecule has 2 rings (SSSR count). The van der Waals surface area contributed by atoms with E-state index < -0.39 is 0 Å². The fraction of sp³-hybridized carbons (Fsp3) is 0.467. The molecule has 1 unspecified atom stereocenters. The molecule has 0 radical (unpaired) electrons. The van der Waals surface area contributed by atoms with Gasteiger partial charge in [0, 0.05) is 5.69 Å². The van der Waals surface area contributed by atoms with E-state index in [1.54, 1.807) is 4.68 Å². The van der Waals surface area contributed by atoms with Crippen LogP contribution in [0.15, 0.2) is 30.5 Å². The molecular weight excluding hydrogens is 252 g/mol. The van der Waals surface area contributed by atoms with E-state index in [-0.39, 0.29) is 6.61 Å². The van der Waals surface area contributed by atoms with E-state index in [1.165, 1.54) is 5.56 Å². The number of benzene rings is 1. The molecule has 0 saturated carbocycles. The van der Waals surface area contributed by atoms with Gasteiger partial charge in [0.1, 0.15) is 5.69 Å². The first kappa shape index (κ1) is 14.5. The zero-order valence-corrected chi connectivity index (χ0v) is 12.1. The first-order chi connectivity index (χ1) is 9.72. The molecule has 0 amide bonds. The summed E-state index contributed by atoms with van der Waals surface area (Å²) in [5, 5.41) is 20.1. The number of aliphatic hydroxyl groups is 1. The zero-order valence-electron chi connectivity index (χ0n) is 12.1. The lowest BCUT2D eigenvalue weighted by Gasteiger charge is -2.10. The standard InChI is InChI=1S/C15H22N4O/c1-3-12(2)13-4-6-14(7-5-13)16-10-15-11-19(8-9-20)18-17-15/h4-7,11-12,16,20H,3,8-10H2,1-2H3. The van der Waals surface area contributed by atoms with E-state index in [0.29, 0.717) is 19.0 Å². The highest BCUT2D eigenvalue weighted by atomic mass is 16.3. The van der Waals surface area contributed by atoms with Crippen molar-refractivity contribution >= 4 is 5.69 Å². The Morgan fingerprint density at radius 2 is 2.05 bits per heavy atom. The molecule has 2 N–H and O–H groups in total. The van der Waals surface area contributed by atoms with Crippen LogP contribution in [0.2, 0.25) is 0 Å². The Morgan fingerprint density at radius 3 is 2.70 bits per heavy atom. The highest BCUT2D eigenvalue weighted by molar-refractivity contribution is 5.45. The van der Waals surface area contributed by atoms with Crippen LogP contribution in [0.3, 0.4) is 0 Å². The number of aliphatic hydroxyl groups excluding tert-OH is 1. The molecule has 5 nitrogen and oxygen atoms in total. The molecule has 1 heterocycles. The highest BCUT2D eigenvalue weighted by Crippen LogP contribution is 2.20. The van der Waals surface area contributed by atoms with Gasteiger partial charge in [-0.3, -0.25) is 0 Å². The van der Waals surface area contributed by atoms with Gasteiger partial charge in [-0.25, -0.2) is 4.68 Å². The Labute approximate surface area is 119 Å². The van der Waals surface area contributed by atoms with E-state index in [2.05, 4.69) is 53.7 Å². The molecule has 1 aromatic heterocycles. The van der Waals surface area contributed by atoms with Crippen LogP contribution in [0.5, 0.6) is 0 Å². The van der Waals surface area contributed by atoms with Crippen LogP contribution < -0.4 is 5.32 Å². The number of nitrogens with one attached hydrogen (secondary N) is 1. The molecule has 108 valence electrons. The summed E-state index contributed by atoms with van der Waals surface area (Å²) in [4.78, 5) is 0. The van der Waals surface area contributed by atoms with Crippen LogP contribution >= 0.6 is 0 Å². The quantitative estimate of drug-likeness (QED) is 0.814. The monoisotopic (exact) mass is 274 g/mol. The van der Waals surface area contributed by atoms with Gasteiger partial charge in [-0.1, -0.05) is 31.2 Å². The van der Waals surface area contributed by atoms with E-state index in [0.717, 1.165) is 17.8 Å². The van der Waals surface area contributed by atoms with E-state index in [9.17, 15) is 0 Å². The van der Waals surface area contributed by atoms with Gasteiger partial charge in [-0.15, -0.1) is 5.10 Å². The van der Waals surface area contributed by atoms with Gasteiger partial charge in [0.15, 0.2) is 0 Å². The maximum atomic E-state index is 8.82. The first-order valence-electron chi connectivity index (χ1n) is 7.06. The second kappa shape index (κ2) is 7.05. The van der Waals surface area contributed by atoms with Crippen molar-refractivity contribution < 1.29 is 5.11 Å². The zero-order chi connectivity index (χ0) is 14.4. The summed E-state index contributed by atoms with van der Waals surface area (Å²) in [6.45, 7) is 5.63. The average molecular weight is 274 g/mol. The normalized spacial score (nSPS) is 12.3. The van der Waals surface area contributed by atoms with Crippen molar-refractivity contribution in [1.82, 2.24) is 15.0 Å². The highest BCUT2D eigenvalue weighted by Gasteiger charge is 2.03. The number of aromatic nitrogens is 3. The van der Waals surface area contributed by atoms with E-state index in [1.807, 2.05) is 6.20 Å². The van der Waals surface area contributed by atoms with Crippen molar-refractivity contribution in [2.75, 3.05) is 11.9 Å². The van der Waals surface area contributed by atoms with Crippen LogP contribution in [0.4, 0.5) is 5.69 Å². The second-order valence-electron chi connectivity index (χ2n) is 4.98. The molecule has 0 spiro atoms. The van der Waals surface area contributed by atoms with Crippen molar-refractivity contribution in [1.29, 1.82) is 0 Å². The third kappa shape index (κ3) is 3.81. The van der Waals surface area contributed by atoms with Crippen molar-refractivity contribution in [2.24, 2.45) is 0 Å². The molecular formula is C15H22N4O. The van der Waals surface area contributed by atoms with E-state index >= 15 is 0 Å². The minimum absolute atomic E-state index is 0.0767. The van der Waals surface area contributed by atoms with Crippen molar-refractivity contribution in [2.45, 2.75) is 39.3 Å². The fourth-order valence-corrected chi connectivity index (χ4v) is 1.99. The third-order valence-electron chi connectivity index (χ3n) is 3.48. The van der Waals surface area contributed by atoms with Crippen LogP contribution in [0.25, 0.3) is 0 Å². The Hall–Kier alpha value is -1.88. The minimum Gasteiger partial charge on any atom is -0.394 e. The summed E-state index contributed by atoms with van der Waals surface area (Å²) >= 11 is 0. The van der Waals surface area contributed by atoms with Gasteiger partial charge in [0.2, 0.25) is 0 Å². The SMILES string of the molecule is CCC(C)c1ccc(NCc2cn(CCO)nn2)cc1. The maximum Gasteiger partial charge on any atom is 0.102 e. The largest absolute Gasteiger partial charge is 0.394 e. The number of nitrogens with zero attached hydrogens (tertiary/aromatic N) is 3. The summed E-state index contributed by atoms with van der Waals surface area (Å²) in [6.07, 6.45) is 3.00. The summed E-state index contributed by atoms with van der Waals surface area (Å²) in [6, 6.07) is 8.53. The molecule has 1 atom stereocenters. The van der Waals surface area contributed by atoms with Gasteiger partial charge < -0.3 is 10.4 Å². The number of hydrogen-bond acceptors (Lipinski definition) is 4. The Bertz CT molecular complexity index is 521. The summed E-state index contributed by atoms with van der Waals surface area (Å²) in [5.41, 5.74) is 3.31. The summed E-state index contributed by atoms with van der Waals surface area (Å²) in [7, 11) is 0. The van der Waals surface area contributed by atoms with Crippen LogP contribution in [-0.2, 0) is 13.1 Å². The molecule has 5 heteroatoms. The van der Waals surface area contributed by atoms with Crippen molar-refractivity contribution in [3.63, 3.8) is 0 Å². The van der Waals surface area contributed by atoms with Crippen molar-refractivity contribution in [3.8, 4) is 0 Å². The lowest BCUT2D eigenvalue weighted by Crippen LogP contribution is -2.02. The number of anilines is 1. The number of hydrogen-bond donors (Lipinski definition) is 2. The molecule has 0 aliphatic rings. The maximum absolute atomic E-state index is 8.82. The topological polar surface area (TPSA) is 63.0 Å². The van der Waals surface area contributed by atoms with Crippen molar-refractivity contribution in [3.05, 3.63) is 41.7 Å². The Kier molecular flexibility index (Phi) is 5.12. The second-order valence-corrected chi connectivity index (χ2v) is 4.98. The van der Waals surface area contributed by atoms with Gasteiger partial charge in [0.25, 0.3) is 0 Å². The predicted molar refractivity (Wildman–Crippen MR) is 79.6 cm³/mol. The number of rotatable bonds is 7. The lowest BCUT2D eigenvalue weighted by atomic mass is 9.99. The first-order valence-corrected chi connectivity index (χ1v) is 7.06. The molecule has 2 aromatic rings.